The van der Waals surface area contributed by atoms with E-state index in [-0.39, 0.29) is 0 Å². The van der Waals surface area contributed by atoms with Crippen molar-refractivity contribution in [3.8, 4) is 17.1 Å². The molecule has 44 heavy (non-hydrogen) atoms. The van der Waals surface area contributed by atoms with Crippen molar-refractivity contribution in [1.29, 1.82) is 0 Å². The molecule has 0 atom stereocenters. The SMILES string of the molecule is CCCCN(CCCC)CCCN=c1nc2c(c(N)n1-c1ccccc1)c(=S)n(-c1ccccc1)c(=S)n2-c1ccccc1. The lowest BCUT2D eigenvalue weighted by molar-refractivity contribution is 0.263. The third-order valence-corrected chi connectivity index (χ3v) is 8.47. The van der Waals surface area contributed by atoms with Gasteiger partial charge in [0.15, 0.2) is 10.4 Å². The van der Waals surface area contributed by atoms with Gasteiger partial charge in [-0.3, -0.25) is 18.7 Å². The number of rotatable bonds is 13. The van der Waals surface area contributed by atoms with E-state index in [1.807, 2.05) is 105 Å². The number of nitrogens with two attached hydrogens (primary N) is 1. The van der Waals surface area contributed by atoms with Crippen molar-refractivity contribution in [2.45, 2.75) is 46.0 Å². The minimum Gasteiger partial charge on any atom is -0.384 e. The Morgan fingerprint density at radius 3 is 1.68 bits per heavy atom. The molecule has 9 heteroatoms. The van der Waals surface area contributed by atoms with Crippen LogP contribution >= 0.6 is 24.4 Å². The van der Waals surface area contributed by atoms with E-state index in [0.717, 1.165) is 43.1 Å². The predicted molar refractivity (Wildman–Crippen MR) is 187 cm³/mol. The molecule has 0 aliphatic heterocycles. The first-order valence-corrected chi connectivity index (χ1v) is 16.4. The third kappa shape index (κ3) is 6.90. The zero-order valence-corrected chi connectivity index (χ0v) is 27.2. The lowest BCUT2D eigenvalue weighted by atomic mass is 10.2. The van der Waals surface area contributed by atoms with Crippen LogP contribution in [-0.2, 0) is 0 Å². The van der Waals surface area contributed by atoms with Gasteiger partial charge in [0, 0.05) is 17.9 Å². The Balaban J connectivity index is 1.72. The van der Waals surface area contributed by atoms with Crippen LogP contribution in [0, 0.1) is 9.41 Å². The fraction of sp³-hybridized carbons (Fsp3) is 0.314. The first-order chi connectivity index (χ1) is 21.5. The highest BCUT2D eigenvalue weighted by molar-refractivity contribution is 7.72. The van der Waals surface area contributed by atoms with Gasteiger partial charge in [-0.15, -0.1) is 0 Å². The molecule has 2 aromatic heterocycles. The van der Waals surface area contributed by atoms with Gasteiger partial charge in [0.25, 0.3) is 0 Å². The van der Waals surface area contributed by atoms with Crippen molar-refractivity contribution >= 4 is 41.3 Å². The average Bonchev–Trinajstić information content (AvgIpc) is 3.05. The first-order valence-electron chi connectivity index (χ1n) is 15.5. The van der Waals surface area contributed by atoms with Gasteiger partial charge in [0.1, 0.15) is 10.5 Å². The largest absolute Gasteiger partial charge is 0.384 e. The first kappa shape index (κ1) is 31.5. The van der Waals surface area contributed by atoms with E-state index in [9.17, 15) is 0 Å². The zero-order valence-electron chi connectivity index (χ0n) is 25.6. The number of hydrogen-bond acceptors (Lipinski definition) is 6. The van der Waals surface area contributed by atoms with Gasteiger partial charge in [-0.1, -0.05) is 93.5 Å². The molecule has 0 radical (unpaired) electrons. The van der Waals surface area contributed by atoms with Gasteiger partial charge in [-0.25, -0.2) is 0 Å². The second-order valence-electron chi connectivity index (χ2n) is 10.9. The molecule has 0 bridgehead atoms. The minimum absolute atomic E-state index is 0.474. The molecule has 0 aliphatic carbocycles. The Labute approximate surface area is 270 Å². The maximum Gasteiger partial charge on any atom is 0.233 e. The number of hydrogen-bond donors (Lipinski definition) is 1. The summed E-state index contributed by atoms with van der Waals surface area (Å²) in [5, 5.41) is 0.648. The average molecular weight is 624 g/mol. The van der Waals surface area contributed by atoms with Crippen LogP contribution in [0.2, 0.25) is 0 Å². The molecular weight excluding hydrogens is 583 g/mol. The van der Waals surface area contributed by atoms with Gasteiger partial charge in [-0.2, -0.15) is 4.98 Å². The maximum absolute atomic E-state index is 7.09. The lowest BCUT2D eigenvalue weighted by Gasteiger charge is -2.21. The third-order valence-electron chi connectivity index (χ3n) is 7.72. The van der Waals surface area contributed by atoms with E-state index in [2.05, 4.69) is 18.7 Å². The Morgan fingerprint density at radius 2 is 1.16 bits per heavy atom. The van der Waals surface area contributed by atoms with Crippen molar-refractivity contribution in [2.75, 3.05) is 31.9 Å². The molecule has 7 nitrogen and oxygen atoms in total. The van der Waals surface area contributed by atoms with Gasteiger partial charge >= 0.3 is 0 Å². The van der Waals surface area contributed by atoms with E-state index in [4.69, 9.17) is 40.1 Å². The Bertz CT molecular complexity index is 1850. The van der Waals surface area contributed by atoms with Crippen LogP contribution < -0.4 is 11.4 Å². The molecule has 0 aliphatic rings. The van der Waals surface area contributed by atoms with Gasteiger partial charge in [0.05, 0.1) is 11.1 Å². The number of anilines is 1. The fourth-order valence-electron chi connectivity index (χ4n) is 5.42. The number of para-hydroxylation sites is 3. The van der Waals surface area contributed by atoms with Crippen molar-refractivity contribution < 1.29 is 0 Å². The summed E-state index contributed by atoms with van der Waals surface area (Å²) < 4.78 is 6.78. The molecule has 0 saturated carbocycles. The number of fused-ring (bicyclic) bond motifs is 1. The van der Waals surface area contributed by atoms with Crippen LogP contribution in [0.1, 0.15) is 46.0 Å². The van der Waals surface area contributed by atoms with Crippen LogP contribution in [0.5, 0.6) is 0 Å². The highest BCUT2D eigenvalue weighted by atomic mass is 32.1. The van der Waals surface area contributed by atoms with Gasteiger partial charge < -0.3 is 10.6 Å². The molecule has 5 rings (SSSR count). The van der Waals surface area contributed by atoms with Crippen LogP contribution in [0.3, 0.4) is 0 Å². The van der Waals surface area contributed by atoms with Crippen LogP contribution in [-0.4, -0.2) is 49.8 Å². The second-order valence-corrected chi connectivity index (χ2v) is 11.6. The Hall–Kier alpha value is -3.92. The molecule has 0 unspecified atom stereocenters. The van der Waals surface area contributed by atoms with Crippen molar-refractivity contribution in [1.82, 2.24) is 23.6 Å². The van der Waals surface area contributed by atoms with E-state index in [0.29, 0.717) is 38.4 Å². The number of nitrogen functional groups attached to an aromatic ring is 1. The maximum atomic E-state index is 7.09. The van der Waals surface area contributed by atoms with Crippen molar-refractivity contribution in [2.24, 2.45) is 4.99 Å². The topological polar surface area (TPSA) is 69.3 Å². The number of benzene rings is 3. The summed E-state index contributed by atoms with van der Waals surface area (Å²) in [4.78, 5) is 12.8. The molecule has 2 heterocycles. The molecular formula is C35H41N7S2. The summed E-state index contributed by atoms with van der Waals surface area (Å²) in [5.41, 5.74) is 10.8. The zero-order chi connectivity index (χ0) is 30.9. The summed E-state index contributed by atoms with van der Waals surface area (Å²) in [6, 6.07) is 29.9. The van der Waals surface area contributed by atoms with Crippen molar-refractivity contribution in [3.05, 3.63) is 106 Å². The van der Waals surface area contributed by atoms with Crippen molar-refractivity contribution in [3.63, 3.8) is 0 Å². The van der Waals surface area contributed by atoms with Crippen LogP contribution in [0.25, 0.3) is 28.1 Å². The number of aromatic nitrogens is 4. The highest BCUT2D eigenvalue weighted by Gasteiger charge is 2.19. The predicted octanol–water partition coefficient (Wildman–Crippen LogP) is 7.84. The molecule has 0 amide bonds. The number of unbranched alkanes of at least 4 members (excludes halogenated alkanes) is 2. The smallest absolute Gasteiger partial charge is 0.233 e. The van der Waals surface area contributed by atoms with Crippen LogP contribution in [0.15, 0.2) is 96.0 Å². The quantitative estimate of drug-likeness (QED) is 0.107. The summed E-state index contributed by atoms with van der Waals surface area (Å²) in [6.45, 7) is 8.38. The summed E-state index contributed by atoms with van der Waals surface area (Å²) in [5.74, 6) is 0.474. The fourth-order valence-corrected chi connectivity index (χ4v) is 6.25. The highest BCUT2D eigenvalue weighted by Crippen LogP contribution is 2.27. The Morgan fingerprint density at radius 1 is 0.682 bits per heavy atom. The Kier molecular flexibility index (Phi) is 10.9. The van der Waals surface area contributed by atoms with E-state index in [1.54, 1.807) is 0 Å². The normalized spacial score (nSPS) is 11.9. The van der Waals surface area contributed by atoms with Crippen LogP contribution in [0.4, 0.5) is 5.82 Å². The molecule has 228 valence electrons. The monoisotopic (exact) mass is 623 g/mol. The lowest BCUT2D eigenvalue weighted by Crippen LogP contribution is -2.30. The van der Waals surface area contributed by atoms with E-state index < -0.39 is 0 Å². The summed E-state index contributed by atoms with van der Waals surface area (Å²) >= 11 is 12.3. The van der Waals surface area contributed by atoms with E-state index in [1.165, 1.54) is 25.7 Å². The molecule has 2 N–H and O–H groups in total. The van der Waals surface area contributed by atoms with E-state index >= 15 is 0 Å². The second kappa shape index (κ2) is 15.2. The molecule has 0 fully saturated rings. The van der Waals surface area contributed by atoms with Gasteiger partial charge in [-0.05, 0) is 87.5 Å². The molecule has 0 spiro atoms. The molecule has 3 aromatic carbocycles. The minimum atomic E-state index is 0.474. The standard InChI is InChI=1S/C35H41N7S2/c1-3-5-24-39(25-6-4-2)26-16-23-37-34-38-32-30(31(36)40(34)27-17-10-7-11-18-27)33(43)42(29-21-14-9-15-22-29)35(44)41(32)28-19-12-8-13-20-28/h7-15,17-22H,3-6,16,23-26,36H2,1-2H3. The molecule has 0 saturated heterocycles. The summed E-state index contributed by atoms with van der Waals surface area (Å²) in [6.07, 6.45) is 5.76. The van der Waals surface area contributed by atoms with Gasteiger partial charge in [0.2, 0.25) is 5.62 Å². The summed E-state index contributed by atoms with van der Waals surface area (Å²) in [7, 11) is 0. The number of nitrogens with zero attached hydrogens (tertiary/aromatic N) is 6. The molecule has 5 aromatic rings.